The molecule has 0 radical (unpaired) electrons. The van der Waals surface area contributed by atoms with Crippen LogP contribution >= 0.6 is 27.3 Å². The van der Waals surface area contributed by atoms with E-state index in [0.717, 1.165) is 22.3 Å². The van der Waals surface area contributed by atoms with Crippen LogP contribution in [0.5, 0.6) is 0 Å². The van der Waals surface area contributed by atoms with Gasteiger partial charge in [-0.1, -0.05) is 29.4 Å². The van der Waals surface area contributed by atoms with Gasteiger partial charge in [0.25, 0.3) is 0 Å². The second kappa shape index (κ2) is 5.36. The number of nitrogens with zero attached hydrogens (tertiary/aromatic N) is 2. The third-order valence-electron chi connectivity index (χ3n) is 3.61. The number of hydrogen-bond acceptors (Lipinski definition) is 5. The summed E-state index contributed by atoms with van der Waals surface area (Å²) in [5.74, 6) is 1.31. The van der Waals surface area contributed by atoms with Crippen molar-refractivity contribution < 1.29 is 4.52 Å². The van der Waals surface area contributed by atoms with Crippen LogP contribution in [0.1, 0.15) is 23.1 Å². The SMILES string of the molecule is Brc1csc(-c2noc([C@@H]3Cc4ccccc4CN3)n2)c1. The molecular formula is C15H12BrN3OS. The van der Waals surface area contributed by atoms with E-state index in [1.54, 1.807) is 11.3 Å². The monoisotopic (exact) mass is 361 g/mol. The van der Waals surface area contributed by atoms with Crippen molar-refractivity contribution in [2.45, 2.75) is 19.0 Å². The summed E-state index contributed by atoms with van der Waals surface area (Å²) >= 11 is 5.04. The summed E-state index contributed by atoms with van der Waals surface area (Å²) in [6.07, 6.45) is 0.881. The first-order chi connectivity index (χ1) is 10.3. The predicted molar refractivity (Wildman–Crippen MR) is 85.0 cm³/mol. The number of nitrogens with one attached hydrogen (secondary N) is 1. The second-order valence-corrected chi connectivity index (χ2v) is 6.82. The van der Waals surface area contributed by atoms with E-state index >= 15 is 0 Å². The van der Waals surface area contributed by atoms with Gasteiger partial charge in [-0.3, -0.25) is 0 Å². The molecule has 0 saturated carbocycles. The van der Waals surface area contributed by atoms with Crippen molar-refractivity contribution in [3.8, 4) is 10.7 Å². The Labute approximate surface area is 134 Å². The molecule has 0 amide bonds. The molecule has 4 nitrogen and oxygen atoms in total. The largest absolute Gasteiger partial charge is 0.337 e. The van der Waals surface area contributed by atoms with Gasteiger partial charge in [-0.05, 0) is 39.5 Å². The molecule has 2 aromatic heterocycles. The number of fused-ring (bicyclic) bond motifs is 1. The van der Waals surface area contributed by atoms with Crippen molar-refractivity contribution in [3.63, 3.8) is 0 Å². The lowest BCUT2D eigenvalue weighted by Crippen LogP contribution is -2.28. The lowest BCUT2D eigenvalue weighted by molar-refractivity contribution is 0.321. The van der Waals surface area contributed by atoms with Gasteiger partial charge < -0.3 is 9.84 Å². The van der Waals surface area contributed by atoms with Crippen molar-refractivity contribution in [3.05, 3.63) is 57.2 Å². The third-order valence-corrected chi connectivity index (χ3v) is 5.30. The zero-order chi connectivity index (χ0) is 14.2. The van der Waals surface area contributed by atoms with Gasteiger partial charge in [0, 0.05) is 16.4 Å². The first kappa shape index (κ1) is 13.2. The molecule has 0 saturated heterocycles. The Morgan fingerprint density at radius 1 is 1.29 bits per heavy atom. The average Bonchev–Trinajstić information content (AvgIpc) is 3.15. The lowest BCUT2D eigenvalue weighted by Gasteiger charge is -2.23. The molecule has 4 rings (SSSR count). The fourth-order valence-electron chi connectivity index (χ4n) is 2.54. The number of halogens is 1. The standard InChI is InChI=1S/C15H12BrN3OS/c16-11-6-13(21-8-11)14-18-15(20-19-14)12-5-9-3-1-2-4-10(9)7-17-12/h1-4,6,8,12,17H,5,7H2/t12-/m0/s1. The van der Waals surface area contributed by atoms with Crippen molar-refractivity contribution in [2.75, 3.05) is 0 Å². The van der Waals surface area contributed by atoms with Crippen LogP contribution in [0.2, 0.25) is 0 Å². The molecule has 1 N–H and O–H groups in total. The van der Waals surface area contributed by atoms with Crippen LogP contribution in [0, 0.1) is 0 Å². The first-order valence-corrected chi connectivity index (χ1v) is 8.35. The summed E-state index contributed by atoms with van der Waals surface area (Å²) in [6.45, 7) is 0.836. The Morgan fingerprint density at radius 2 is 2.14 bits per heavy atom. The molecule has 1 aliphatic rings. The number of aromatic nitrogens is 2. The molecule has 21 heavy (non-hydrogen) atoms. The topological polar surface area (TPSA) is 51.0 Å². The van der Waals surface area contributed by atoms with E-state index in [4.69, 9.17) is 4.52 Å². The van der Waals surface area contributed by atoms with Gasteiger partial charge in [-0.2, -0.15) is 4.98 Å². The molecule has 1 aromatic carbocycles. The zero-order valence-electron chi connectivity index (χ0n) is 11.0. The van der Waals surface area contributed by atoms with Crippen LogP contribution in [0.3, 0.4) is 0 Å². The van der Waals surface area contributed by atoms with Crippen molar-refractivity contribution in [1.29, 1.82) is 0 Å². The molecule has 0 spiro atoms. The summed E-state index contributed by atoms with van der Waals surface area (Å²) in [5, 5.41) is 9.57. The normalized spacial score (nSPS) is 17.7. The highest BCUT2D eigenvalue weighted by atomic mass is 79.9. The van der Waals surface area contributed by atoms with Crippen LogP contribution in [0.15, 0.2) is 44.7 Å². The highest BCUT2D eigenvalue weighted by Crippen LogP contribution is 2.30. The minimum absolute atomic E-state index is 0.0875. The summed E-state index contributed by atoms with van der Waals surface area (Å²) in [7, 11) is 0. The van der Waals surface area contributed by atoms with E-state index in [2.05, 4.69) is 55.7 Å². The molecule has 3 aromatic rings. The van der Waals surface area contributed by atoms with Gasteiger partial charge in [0.2, 0.25) is 11.7 Å². The Hall–Kier alpha value is -1.50. The van der Waals surface area contributed by atoms with Gasteiger partial charge in [-0.25, -0.2) is 0 Å². The summed E-state index contributed by atoms with van der Waals surface area (Å²) in [4.78, 5) is 5.55. The average molecular weight is 362 g/mol. The fraction of sp³-hybridized carbons (Fsp3) is 0.200. The van der Waals surface area contributed by atoms with E-state index < -0.39 is 0 Å². The van der Waals surface area contributed by atoms with Gasteiger partial charge in [-0.15, -0.1) is 11.3 Å². The molecule has 0 aliphatic carbocycles. The van der Waals surface area contributed by atoms with Crippen LogP contribution in [0.4, 0.5) is 0 Å². The molecule has 1 atom stereocenters. The molecule has 1 aliphatic heterocycles. The lowest BCUT2D eigenvalue weighted by atomic mass is 9.96. The molecule has 3 heterocycles. The Bertz CT molecular complexity index is 783. The Kier molecular flexibility index (Phi) is 3.37. The second-order valence-electron chi connectivity index (χ2n) is 4.99. The van der Waals surface area contributed by atoms with E-state index in [1.807, 2.05) is 11.4 Å². The summed E-state index contributed by atoms with van der Waals surface area (Å²) < 4.78 is 6.49. The van der Waals surface area contributed by atoms with Crippen LogP contribution in [-0.2, 0) is 13.0 Å². The molecule has 106 valence electrons. The number of rotatable bonds is 2. The van der Waals surface area contributed by atoms with Gasteiger partial charge in [0.05, 0.1) is 10.9 Å². The van der Waals surface area contributed by atoms with E-state index in [9.17, 15) is 0 Å². The maximum Gasteiger partial charge on any atom is 0.244 e. The van der Waals surface area contributed by atoms with Crippen molar-refractivity contribution >= 4 is 27.3 Å². The zero-order valence-corrected chi connectivity index (χ0v) is 13.4. The van der Waals surface area contributed by atoms with E-state index in [-0.39, 0.29) is 6.04 Å². The highest BCUT2D eigenvalue weighted by Gasteiger charge is 2.24. The van der Waals surface area contributed by atoms with Gasteiger partial charge in [0.15, 0.2) is 0 Å². The molecule has 0 bridgehead atoms. The third kappa shape index (κ3) is 2.54. The fourth-order valence-corrected chi connectivity index (χ4v) is 3.89. The Balaban J connectivity index is 1.60. The molecule has 0 fully saturated rings. The number of benzene rings is 1. The van der Waals surface area contributed by atoms with E-state index in [0.29, 0.717) is 11.7 Å². The first-order valence-electron chi connectivity index (χ1n) is 6.68. The maximum atomic E-state index is 5.45. The predicted octanol–water partition coefficient (Wildman–Crippen LogP) is 3.95. The van der Waals surface area contributed by atoms with Crippen molar-refractivity contribution in [1.82, 2.24) is 15.5 Å². The van der Waals surface area contributed by atoms with Crippen LogP contribution in [0.25, 0.3) is 10.7 Å². The van der Waals surface area contributed by atoms with Crippen molar-refractivity contribution in [2.24, 2.45) is 0 Å². The van der Waals surface area contributed by atoms with Gasteiger partial charge >= 0.3 is 0 Å². The summed E-state index contributed by atoms with van der Waals surface area (Å²) in [6, 6.07) is 10.6. The Morgan fingerprint density at radius 3 is 2.95 bits per heavy atom. The number of thiophene rings is 1. The number of hydrogen-bond donors (Lipinski definition) is 1. The quantitative estimate of drug-likeness (QED) is 0.750. The van der Waals surface area contributed by atoms with Crippen LogP contribution < -0.4 is 5.32 Å². The maximum absolute atomic E-state index is 5.45. The highest BCUT2D eigenvalue weighted by molar-refractivity contribution is 9.10. The van der Waals surface area contributed by atoms with Gasteiger partial charge in [0.1, 0.15) is 0 Å². The molecular weight excluding hydrogens is 350 g/mol. The summed E-state index contributed by atoms with van der Waals surface area (Å²) in [5.41, 5.74) is 2.69. The smallest absolute Gasteiger partial charge is 0.244 e. The minimum Gasteiger partial charge on any atom is -0.337 e. The van der Waals surface area contributed by atoms with Crippen LogP contribution in [-0.4, -0.2) is 10.1 Å². The molecule has 0 unspecified atom stereocenters. The van der Waals surface area contributed by atoms with E-state index in [1.165, 1.54) is 11.1 Å². The minimum atomic E-state index is 0.0875. The molecule has 6 heteroatoms.